The van der Waals surface area contributed by atoms with Crippen molar-refractivity contribution in [3.8, 4) is 0 Å². The topological polar surface area (TPSA) is 46.5 Å². The molecule has 1 aromatic carbocycles. The average molecular weight is 234 g/mol. The molecule has 0 aliphatic heterocycles. The van der Waals surface area contributed by atoms with Gasteiger partial charge >= 0.3 is 5.97 Å². The highest BCUT2D eigenvalue weighted by atomic mass is 16.5. The van der Waals surface area contributed by atoms with Crippen LogP contribution < -0.4 is 0 Å². The van der Waals surface area contributed by atoms with Crippen molar-refractivity contribution in [1.82, 2.24) is 0 Å². The van der Waals surface area contributed by atoms with Crippen molar-refractivity contribution in [2.75, 3.05) is 6.61 Å². The van der Waals surface area contributed by atoms with E-state index in [1.54, 1.807) is 0 Å². The van der Waals surface area contributed by atoms with E-state index in [-0.39, 0.29) is 0 Å². The quantitative estimate of drug-likeness (QED) is 0.871. The molecule has 92 valence electrons. The van der Waals surface area contributed by atoms with Crippen molar-refractivity contribution >= 4 is 5.97 Å². The molecule has 0 bridgehead atoms. The molecule has 0 aromatic heterocycles. The summed E-state index contributed by atoms with van der Waals surface area (Å²) >= 11 is 0. The maximum Gasteiger partial charge on any atom is 0.340 e. The highest BCUT2D eigenvalue weighted by molar-refractivity contribution is 5.81. The second kappa shape index (κ2) is 4.49. The number of hydrogen-bond acceptors (Lipinski definition) is 2. The molecule has 1 atom stereocenters. The standard InChI is InChI=1S/C14H18O3/c1-10(2)9-17-14(13(15)16)8-7-11-5-3-4-6-12(11)14/h3-6,10H,7-9H2,1-2H3,(H,15,16). The third kappa shape index (κ3) is 2.07. The van der Waals surface area contributed by atoms with Crippen molar-refractivity contribution in [2.45, 2.75) is 32.3 Å². The van der Waals surface area contributed by atoms with Gasteiger partial charge in [-0.1, -0.05) is 38.1 Å². The van der Waals surface area contributed by atoms with Crippen molar-refractivity contribution in [3.63, 3.8) is 0 Å². The molecule has 1 unspecified atom stereocenters. The highest BCUT2D eigenvalue weighted by Crippen LogP contribution is 2.40. The molecule has 0 saturated carbocycles. The molecule has 1 N–H and O–H groups in total. The van der Waals surface area contributed by atoms with Crippen LogP contribution in [0, 0.1) is 5.92 Å². The first kappa shape index (κ1) is 12.1. The number of carbonyl (C=O) groups is 1. The van der Waals surface area contributed by atoms with Crippen LogP contribution in [0.1, 0.15) is 31.4 Å². The van der Waals surface area contributed by atoms with Gasteiger partial charge in [-0.25, -0.2) is 4.79 Å². The first-order valence-corrected chi connectivity index (χ1v) is 6.02. The summed E-state index contributed by atoms with van der Waals surface area (Å²) in [5.74, 6) is -0.540. The van der Waals surface area contributed by atoms with Crippen LogP contribution in [0.3, 0.4) is 0 Å². The van der Waals surface area contributed by atoms with Gasteiger partial charge in [-0.05, 0) is 29.9 Å². The summed E-state index contributed by atoms with van der Waals surface area (Å²) in [5.41, 5.74) is 0.799. The van der Waals surface area contributed by atoms with Crippen LogP contribution in [0.4, 0.5) is 0 Å². The first-order chi connectivity index (χ1) is 8.06. The second-order valence-corrected chi connectivity index (χ2v) is 4.99. The molecule has 2 rings (SSSR count). The zero-order valence-electron chi connectivity index (χ0n) is 10.3. The number of ether oxygens (including phenoxy) is 1. The van der Waals surface area contributed by atoms with Crippen molar-refractivity contribution < 1.29 is 14.6 Å². The van der Waals surface area contributed by atoms with Crippen molar-refractivity contribution in [1.29, 1.82) is 0 Å². The van der Waals surface area contributed by atoms with Crippen LogP contribution >= 0.6 is 0 Å². The van der Waals surface area contributed by atoms with E-state index in [2.05, 4.69) is 0 Å². The summed E-state index contributed by atoms with van der Waals surface area (Å²) in [6.45, 7) is 4.52. The Labute approximate surface area is 101 Å². The van der Waals surface area contributed by atoms with Gasteiger partial charge in [-0.3, -0.25) is 0 Å². The monoisotopic (exact) mass is 234 g/mol. The summed E-state index contributed by atoms with van der Waals surface area (Å²) < 4.78 is 5.74. The van der Waals surface area contributed by atoms with E-state index < -0.39 is 11.6 Å². The van der Waals surface area contributed by atoms with E-state index in [4.69, 9.17) is 4.74 Å². The predicted molar refractivity (Wildman–Crippen MR) is 64.9 cm³/mol. The van der Waals surface area contributed by atoms with E-state index in [0.717, 1.165) is 17.5 Å². The summed E-state index contributed by atoms with van der Waals surface area (Å²) in [5, 5.41) is 9.50. The average Bonchev–Trinajstić information content (AvgIpc) is 2.67. The smallest absolute Gasteiger partial charge is 0.340 e. The third-order valence-electron chi connectivity index (χ3n) is 3.21. The first-order valence-electron chi connectivity index (χ1n) is 6.02. The molecular formula is C14H18O3. The van der Waals surface area contributed by atoms with Gasteiger partial charge in [-0.15, -0.1) is 0 Å². The molecule has 0 fully saturated rings. The minimum atomic E-state index is -1.12. The van der Waals surface area contributed by atoms with E-state index in [9.17, 15) is 9.90 Å². The molecule has 0 radical (unpaired) electrons. The van der Waals surface area contributed by atoms with Crippen molar-refractivity contribution in [3.05, 3.63) is 35.4 Å². The number of rotatable bonds is 4. The van der Waals surface area contributed by atoms with Crippen LogP contribution in [0.15, 0.2) is 24.3 Å². The lowest BCUT2D eigenvalue weighted by Crippen LogP contribution is -2.37. The summed E-state index contributed by atoms with van der Waals surface area (Å²) in [4.78, 5) is 11.6. The van der Waals surface area contributed by atoms with E-state index >= 15 is 0 Å². The number of carboxylic acids is 1. The Balaban J connectivity index is 2.34. The maximum absolute atomic E-state index is 11.6. The summed E-state index contributed by atoms with van der Waals surface area (Å²) in [6, 6.07) is 7.68. The van der Waals surface area contributed by atoms with Gasteiger partial charge in [-0.2, -0.15) is 0 Å². The molecule has 3 heteroatoms. The molecule has 0 amide bonds. The van der Waals surface area contributed by atoms with Gasteiger partial charge in [0.25, 0.3) is 0 Å². The SMILES string of the molecule is CC(C)COC1(C(=O)O)CCc2ccccc21. The Morgan fingerprint density at radius 1 is 1.47 bits per heavy atom. The van der Waals surface area contributed by atoms with Crippen LogP contribution in [0.25, 0.3) is 0 Å². The minimum Gasteiger partial charge on any atom is -0.479 e. The number of hydrogen-bond donors (Lipinski definition) is 1. The third-order valence-corrected chi connectivity index (χ3v) is 3.21. The van der Waals surface area contributed by atoms with E-state index in [1.807, 2.05) is 38.1 Å². The van der Waals surface area contributed by atoms with Crippen molar-refractivity contribution in [2.24, 2.45) is 5.92 Å². The van der Waals surface area contributed by atoms with E-state index in [0.29, 0.717) is 18.9 Å². The summed E-state index contributed by atoms with van der Waals surface area (Å²) in [7, 11) is 0. The van der Waals surface area contributed by atoms with E-state index in [1.165, 1.54) is 0 Å². The maximum atomic E-state index is 11.6. The molecule has 17 heavy (non-hydrogen) atoms. The Hall–Kier alpha value is -1.35. The lowest BCUT2D eigenvalue weighted by Gasteiger charge is -2.27. The number of benzene rings is 1. The van der Waals surface area contributed by atoms with Gasteiger partial charge in [0.2, 0.25) is 0 Å². The zero-order valence-corrected chi connectivity index (χ0v) is 10.3. The number of aliphatic carboxylic acids is 1. The molecule has 3 nitrogen and oxygen atoms in total. The minimum absolute atomic E-state index is 0.332. The van der Waals surface area contributed by atoms with Gasteiger partial charge in [0, 0.05) is 0 Å². The van der Waals surface area contributed by atoms with Crippen LogP contribution in [-0.4, -0.2) is 17.7 Å². The fraction of sp³-hybridized carbons (Fsp3) is 0.500. The fourth-order valence-electron chi connectivity index (χ4n) is 2.32. The Morgan fingerprint density at radius 3 is 2.82 bits per heavy atom. The molecule has 0 saturated heterocycles. The Morgan fingerprint density at radius 2 is 2.18 bits per heavy atom. The lowest BCUT2D eigenvalue weighted by atomic mass is 9.95. The van der Waals surface area contributed by atoms with Gasteiger partial charge in [0.05, 0.1) is 6.61 Å². The zero-order chi connectivity index (χ0) is 12.5. The normalized spacial score (nSPS) is 22.8. The van der Waals surface area contributed by atoms with Gasteiger partial charge < -0.3 is 9.84 Å². The second-order valence-electron chi connectivity index (χ2n) is 4.99. The molecule has 0 spiro atoms. The Bertz CT molecular complexity index is 425. The van der Waals surface area contributed by atoms with Crippen LogP contribution in [0.5, 0.6) is 0 Å². The number of carboxylic acid groups (broad SMARTS) is 1. The highest BCUT2D eigenvalue weighted by Gasteiger charge is 2.46. The number of fused-ring (bicyclic) bond motifs is 1. The molecule has 1 aromatic rings. The fourth-order valence-corrected chi connectivity index (χ4v) is 2.32. The molecular weight excluding hydrogens is 216 g/mol. The van der Waals surface area contributed by atoms with Crippen LogP contribution in [0.2, 0.25) is 0 Å². The predicted octanol–water partition coefficient (Wildman–Crippen LogP) is 2.59. The van der Waals surface area contributed by atoms with Gasteiger partial charge in [0.1, 0.15) is 0 Å². The van der Waals surface area contributed by atoms with Crippen LogP contribution in [-0.2, 0) is 21.6 Å². The molecule has 1 aliphatic carbocycles. The number of aryl methyl sites for hydroxylation is 1. The molecule has 0 heterocycles. The lowest BCUT2D eigenvalue weighted by molar-refractivity contribution is -0.169. The van der Waals surface area contributed by atoms with Gasteiger partial charge in [0.15, 0.2) is 5.60 Å². The summed E-state index contributed by atoms with van der Waals surface area (Å²) in [6.07, 6.45) is 1.31. The largest absolute Gasteiger partial charge is 0.479 e. The molecule has 1 aliphatic rings. The Kier molecular flexibility index (Phi) is 3.20.